The molecule has 6 heteroatoms. The van der Waals surface area contributed by atoms with Crippen molar-refractivity contribution in [3.63, 3.8) is 0 Å². The molecule has 0 fully saturated rings. The molecule has 18 heavy (non-hydrogen) atoms. The first-order chi connectivity index (χ1) is 8.16. The molecular weight excluding hydrogens is 250 g/mol. The number of hydrogen-bond acceptors (Lipinski definition) is 3. The molecule has 0 radical (unpaired) electrons. The molecule has 0 aromatic rings. The van der Waals surface area contributed by atoms with E-state index in [0.717, 1.165) is 13.0 Å². The number of hydrogen-bond donors (Lipinski definition) is 2. The van der Waals surface area contributed by atoms with Crippen LogP contribution in [-0.2, 0) is 10.2 Å². The van der Waals surface area contributed by atoms with E-state index in [0.29, 0.717) is 12.6 Å². The summed E-state index contributed by atoms with van der Waals surface area (Å²) in [6.45, 7) is 11.4. The Hall–Kier alpha value is -0.170. The van der Waals surface area contributed by atoms with Gasteiger partial charge >= 0.3 is 0 Å². The van der Waals surface area contributed by atoms with Gasteiger partial charge in [-0.25, -0.2) is 0 Å². The standard InChI is InChI=1S/C12H29N3O2S/c1-10(2)12(5)14-18(16,17)15(6)9-7-8-13-11(3)4/h10-14H,7-9H2,1-6H3. The Kier molecular flexibility index (Phi) is 8.02. The van der Waals surface area contributed by atoms with Crippen molar-refractivity contribution >= 4 is 10.2 Å². The van der Waals surface area contributed by atoms with E-state index in [9.17, 15) is 8.42 Å². The van der Waals surface area contributed by atoms with Crippen molar-refractivity contribution < 1.29 is 8.42 Å². The predicted octanol–water partition coefficient (Wildman–Crippen LogP) is 1.19. The van der Waals surface area contributed by atoms with Gasteiger partial charge in [0, 0.05) is 25.7 Å². The van der Waals surface area contributed by atoms with E-state index < -0.39 is 10.2 Å². The average Bonchev–Trinajstić information content (AvgIpc) is 2.22. The third-order valence-corrected chi connectivity index (χ3v) is 4.62. The quantitative estimate of drug-likeness (QED) is 0.623. The van der Waals surface area contributed by atoms with Crippen molar-refractivity contribution in [2.45, 2.75) is 53.1 Å². The Balaban J connectivity index is 4.11. The summed E-state index contributed by atoms with van der Waals surface area (Å²) in [5, 5.41) is 3.27. The molecule has 0 bridgehead atoms. The Bertz CT molecular complexity index is 315. The zero-order valence-electron chi connectivity index (χ0n) is 12.5. The van der Waals surface area contributed by atoms with Gasteiger partial charge in [0.25, 0.3) is 10.2 Å². The fraction of sp³-hybridized carbons (Fsp3) is 1.00. The van der Waals surface area contributed by atoms with Gasteiger partial charge in [0.2, 0.25) is 0 Å². The van der Waals surface area contributed by atoms with E-state index in [2.05, 4.69) is 23.9 Å². The van der Waals surface area contributed by atoms with Crippen LogP contribution in [0.4, 0.5) is 0 Å². The highest BCUT2D eigenvalue weighted by Gasteiger charge is 2.21. The molecule has 0 heterocycles. The molecule has 110 valence electrons. The maximum Gasteiger partial charge on any atom is 0.279 e. The van der Waals surface area contributed by atoms with Gasteiger partial charge in [-0.2, -0.15) is 17.4 Å². The van der Waals surface area contributed by atoms with Crippen molar-refractivity contribution in [3.05, 3.63) is 0 Å². The molecular formula is C12H29N3O2S. The van der Waals surface area contributed by atoms with Crippen LogP contribution in [0.2, 0.25) is 0 Å². The van der Waals surface area contributed by atoms with Crippen LogP contribution in [-0.4, -0.2) is 44.9 Å². The van der Waals surface area contributed by atoms with Crippen LogP contribution in [0.5, 0.6) is 0 Å². The highest BCUT2D eigenvalue weighted by Crippen LogP contribution is 2.04. The first kappa shape index (κ1) is 17.8. The van der Waals surface area contributed by atoms with Crippen molar-refractivity contribution in [3.8, 4) is 0 Å². The van der Waals surface area contributed by atoms with E-state index in [-0.39, 0.29) is 12.0 Å². The van der Waals surface area contributed by atoms with Crippen molar-refractivity contribution in [2.75, 3.05) is 20.1 Å². The van der Waals surface area contributed by atoms with Crippen molar-refractivity contribution in [2.24, 2.45) is 5.92 Å². The summed E-state index contributed by atoms with van der Waals surface area (Å²) in [5.41, 5.74) is 0. The molecule has 0 aliphatic rings. The number of rotatable bonds is 9. The van der Waals surface area contributed by atoms with Gasteiger partial charge in [-0.05, 0) is 25.8 Å². The molecule has 0 aromatic heterocycles. The minimum atomic E-state index is -3.35. The molecule has 2 N–H and O–H groups in total. The predicted molar refractivity (Wildman–Crippen MR) is 76.7 cm³/mol. The van der Waals surface area contributed by atoms with Crippen molar-refractivity contribution in [1.82, 2.24) is 14.3 Å². The largest absolute Gasteiger partial charge is 0.314 e. The lowest BCUT2D eigenvalue weighted by Crippen LogP contribution is -2.45. The molecule has 1 unspecified atom stereocenters. The smallest absolute Gasteiger partial charge is 0.279 e. The fourth-order valence-corrected chi connectivity index (χ4v) is 2.57. The highest BCUT2D eigenvalue weighted by atomic mass is 32.2. The van der Waals surface area contributed by atoms with Gasteiger partial charge in [0.1, 0.15) is 0 Å². The van der Waals surface area contributed by atoms with Gasteiger partial charge < -0.3 is 5.32 Å². The van der Waals surface area contributed by atoms with Crippen LogP contribution in [0.15, 0.2) is 0 Å². The van der Waals surface area contributed by atoms with E-state index in [4.69, 9.17) is 0 Å². The summed E-state index contributed by atoms with van der Waals surface area (Å²) < 4.78 is 28.0. The summed E-state index contributed by atoms with van der Waals surface area (Å²) in [4.78, 5) is 0. The molecule has 0 saturated carbocycles. The average molecular weight is 279 g/mol. The third-order valence-electron chi connectivity index (χ3n) is 2.95. The van der Waals surface area contributed by atoms with Gasteiger partial charge in [0.05, 0.1) is 0 Å². The van der Waals surface area contributed by atoms with Gasteiger partial charge in [-0.15, -0.1) is 0 Å². The minimum Gasteiger partial charge on any atom is -0.314 e. The Morgan fingerprint density at radius 3 is 2.11 bits per heavy atom. The second kappa shape index (κ2) is 8.09. The third kappa shape index (κ3) is 7.31. The van der Waals surface area contributed by atoms with E-state index in [1.165, 1.54) is 4.31 Å². The van der Waals surface area contributed by atoms with Gasteiger partial charge in [0.15, 0.2) is 0 Å². The summed E-state index contributed by atoms with van der Waals surface area (Å²) in [7, 11) is -1.73. The summed E-state index contributed by atoms with van der Waals surface area (Å²) in [5.74, 6) is 0.288. The van der Waals surface area contributed by atoms with E-state index in [1.807, 2.05) is 20.8 Å². The Labute approximate surface area is 113 Å². The summed E-state index contributed by atoms with van der Waals surface area (Å²) >= 11 is 0. The van der Waals surface area contributed by atoms with Crippen LogP contribution < -0.4 is 10.0 Å². The lowest BCUT2D eigenvalue weighted by atomic mass is 10.1. The zero-order chi connectivity index (χ0) is 14.3. The monoisotopic (exact) mass is 279 g/mol. The van der Waals surface area contributed by atoms with E-state index >= 15 is 0 Å². The minimum absolute atomic E-state index is 0.0498. The first-order valence-corrected chi connectivity index (χ1v) is 8.07. The van der Waals surface area contributed by atoms with E-state index in [1.54, 1.807) is 7.05 Å². The lowest BCUT2D eigenvalue weighted by molar-refractivity contribution is 0.414. The van der Waals surface area contributed by atoms with Gasteiger partial charge in [-0.1, -0.05) is 27.7 Å². The van der Waals surface area contributed by atoms with Crippen LogP contribution in [0.1, 0.15) is 41.0 Å². The van der Waals surface area contributed by atoms with Crippen LogP contribution in [0, 0.1) is 5.92 Å². The molecule has 0 aliphatic heterocycles. The SMILES string of the molecule is CC(C)NCCCN(C)S(=O)(=O)NC(C)C(C)C. The maximum atomic E-state index is 12.0. The topological polar surface area (TPSA) is 61.4 Å². The molecule has 0 amide bonds. The second-order valence-electron chi connectivity index (χ2n) is 5.44. The number of nitrogens with zero attached hydrogens (tertiary/aromatic N) is 1. The summed E-state index contributed by atoms with van der Waals surface area (Å²) in [6, 6.07) is 0.386. The van der Waals surface area contributed by atoms with Crippen LogP contribution >= 0.6 is 0 Å². The zero-order valence-corrected chi connectivity index (χ0v) is 13.3. The Morgan fingerprint density at radius 1 is 1.11 bits per heavy atom. The number of nitrogens with one attached hydrogen (secondary N) is 2. The molecule has 5 nitrogen and oxygen atoms in total. The normalized spacial score (nSPS) is 14.7. The lowest BCUT2D eigenvalue weighted by Gasteiger charge is -2.23. The first-order valence-electron chi connectivity index (χ1n) is 6.63. The van der Waals surface area contributed by atoms with Gasteiger partial charge in [-0.3, -0.25) is 0 Å². The van der Waals surface area contributed by atoms with Crippen molar-refractivity contribution in [1.29, 1.82) is 0 Å². The molecule has 0 aromatic carbocycles. The fourth-order valence-electron chi connectivity index (χ4n) is 1.27. The molecule has 0 spiro atoms. The summed E-state index contributed by atoms with van der Waals surface area (Å²) in [6.07, 6.45) is 0.811. The molecule has 0 saturated heterocycles. The molecule has 0 rings (SSSR count). The van der Waals surface area contributed by atoms with Crippen LogP contribution in [0.25, 0.3) is 0 Å². The molecule has 0 aliphatic carbocycles. The van der Waals surface area contributed by atoms with Crippen LogP contribution in [0.3, 0.4) is 0 Å². The maximum absolute atomic E-state index is 12.0. The second-order valence-corrected chi connectivity index (χ2v) is 7.25. The highest BCUT2D eigenvalue weighted by molar-refractivity contribution is 7.87. The molecule has 1 atom stereocenters. The Morgan fingerprint density at radius 2 is 1.67 bits per heavy atom.